The molecule has 0 aliphatic heterocycles. The van der Waals surface area contributed by atoms with Gasteiger partial charge in [-0.3, -0.25) is 4.79 Å². The largest absolute Gasteiger partial charge is 0.481 e. The van der Waals surface area contributed by atoms with Gasteiger partial charge in [-0.2, -0.15) is 0 Å². The summed E-state index contributed by atoms with van der Waals surface area (Å²) in [6.45, 7) is 1.56. The number of nitrogens with one attached hydrogen (secondary N) is 1. The minimum atomic E-state index is -0.807. The topological polar surface area (TPSA) is 38.3 Å². The van der Waals surface area contributed by atoms with E-state index >= 15 is 0 Å². The summed E-state index contributed by atoms with van der Waals surface area (Å²) in [6, 6.07) is 10.7. The first-order chi connectivity index (χ1) is 9.95. The summed E-state index contributed by atoms with van der Waals surface area (Å²) in [5.74, 6) is -0.622. The van der Waals surface area contributed by atoms with E-state index in [0.717, 1.165) is 6.07 Å². The number of hydrogen-bond donors (Lipinski definition) is 1. The van der Waals surface area contributed by atoms with Crippen molar-refractivity contribution in [2.24, 2.45) is 0 Å². The van der Waals surface area contributed by atoms with E-state index in [9.17, 15) is 9.18 Å². The van der Waals surface area contributed by atoms with Gasteiger partial charge in [0.05, 0.1) is 5.69 Å². The first-order valence-electron chi connectivity index (χ1n) is 6.14. The molecule has 0 heterocycles. The molecular formula is C15H12Cl2FNO2. The van der Waals surface area contributed by atoms with Gasteiger partial charge in [0.1, 0.15) is 11.6 Å². The Labute approximate surface area is 131 Å². The third-order valence-electron chi connectivity index (χ3n) is 2.67. The fourth-order valence-corrected chi connectivity index (χ4v) is 1.96. The molecule has 0 aliphatic rings. The fourth-order valence-electron chi connectivity index (χ4n) is 1.62. The zero-order chi connectivity index (χ0) is 15.4. The average molecular weight is 328 g/mol. The van der Waals surface area contributed by atoms with Crippen LogP contribution in [0.15, 0.2) is 42.5 Å². The summed E-state index contributed by atoms with van der Waals surface area (Å²) in [4.78, 5) is 12.0. The molecule has 0 spiro atoms. The third kappa shape index (κ3) is 4.34. The molecule has 1 unspecified atom stereocenters. The number of halogens is 3. The molecule has 1 amide bonds. The van der Waals surface area contributed by atoms with E-state index in [1.807, 2.05) is 0 Å². The number of hydrogen-bond acceptors (Lipinski definition) is 2. The van der Waals surface area contributed by atoms with E-state index in [1.54, 1.807) is 31.2 Å². The van der Waals surface area contributed by atoms with Gasteiger partial charge in [-0.25, -0.2) is 4.39 Å². The van der Waals surface area contributed by atoms with Gasteiger partial charge in [0, 0.05) is 10.0 Å². The predicted molar refractivity (Wildman–Crippen MR) is 81.6 cm³/mol. The number of rotatable bonds is 4. The number of benzene rings is 2. The lowest BCUT2D eigenvalue weighted by atomic mass is 10.2. The van der Waals surface area contributed by atoms with Crippen LogP contribution in [0.2, 0.25) is 10.0 Å². The van der Waals surface area contributed by atoms with Crippen LogP contribution >= 0.6 is 23.2 Å². The first kappa shape index (κ1) is 15.6. The van der Waals surface area contributed by atoms with Crippen LogP contribution in [0.1, 0.15) is 6.92 Å². The Morgan fingerprint density at radius 2 is 1.90 bits per heavy atom. The van der Waals surface area contributed by atoms with Gasteiger partial charge < -0.3 is 10.1 Å². The minimum absolute atomic E-state index is 0.0472. The summed E-state index contributed by atoms with van der Waals surface area (Å²) < 4.78 is 19.0. The predicted octanol–water partition coefficient (Wildman–Crippen LogP) is 4.54. The molecule has 0 saturated carbocycles. The quantitative estimate of drug-likeness (QED) is 0.895. The van der Waals surface area contributed by atoms with Crippen molar-refractivity contribution >= 4 is 34.8 Å². The molecule has 0 saturated heterocycles. The van der Waals surface area contributed by atoms with E-state index < -0.39 is 17.8 Å². The van der Waals surface area contributed by atoms with Crippen LogP contribution in [0, 0.1) is 5.82 Å². The molecule has 0 radical (unpaired) electrons. The lowest BCUT2D eigenvalue weighted by Crippen LogP contribution is -2.30. The number of ether oxygens (including phenoxy) is 1. The molecule has 2 rings (SSSR count). The Bertz CT molecular complexity index is 664. The second-order valence-electron chi connectivity index (χ2n) is 4.33. The maximum Gasteiger partial charge on any atom is 0.265 e. The molecule has 2 aromatic rings. The van der Waals surface area contributed by atoms with Crippen molar-refractivity contribution in [2.75, 3.05) is 5.32 Å². The second-order valence-corrected chi connectivity index (χ2v) is 5.20. The molecule has 110 valence electrons. The van der Waals surface area contributed by atoms with Gasteiger partial charge >= 0.3 is 0 Å². The minimum Gasteiger partial charge on any atom is -0.481 e. The molecule has 1 N–H and O–H groups in total. The van der Waals surface area contributed by atoms with Gasteiger partial charge in [0.2, 0.25) is 0 Å². The summed E-state index contributed by atoms with van der Waals surface area (Å²) in [5.41, 5.74) is 0.0472. The highest BCUT2D eigenvalue weighted by Gasteiger charge is 2.16. The van der Waals surface area contributed by atoms with Crippen LogP contribution in [0.4, 0.5) is 10.1 Å². The Morgan fingerprint density at radius 1 is 1.19 bits per heavy atom. The molecule has 0 bridgehead atoms. The van der Waals surface area contributed by atoms with Crippen LogP contribution in [0.5, 0.6) is 5.75 Å². The van der Waals surface area contributed by atoms with Crippen LogP contribution in [-0.2, 0) is 4.79 Å². The number of carbonyl (C=O) groups excluding carboxylic acids is 1. The monoisotopic (exact) mass is 327 g/mol. The molecule has 21 heavy (non-hydrogen) atoms. The smallest absolute Gasteiger partial charge is 0.265 e. The van der Waals surface area contributed by atoms with Gasteiger partial charge in [0.25, 0.3) is 5.91 Å². The van der Waals surface area contributed by atoms with Crippen molar-refractivity contribution in [3.05, 3.63) is 58.3 Å². The van der Waals surface area contributed by atoms with E-state index in [4.69, 9.17) is 27.9 Å². The fraction of sp³-hybridized carbons (Fsp3) is 0.133. The molecule has 0 aromatic heterocycles. The van der Waals surface area contributed by atoms with E-state index in [2.05, 4.69) is 5.32 Å². The van der Waals surface area contributed by atoms with Crippen LogP contribution in [0.3, 0.4) is 0 Å². The number of carbonyl (C=O) groups is 1. The molecule has 6 heteroatoms. The Hall–Kier alpha value is -1.78. The standard InChI is InChI=1S/C15H12Cl2FNO2/c1-9(21-12-4-2-3-10(16)7-12)15(20)19-14-6-5-11(17)8-13(14)18/h2-9H,1H3,(H,19,20). The summed E-state index contributed by atoms with van der Waals surface area (Å²) in [7, 11) is 0. The van der Waals surface area contributed by atoms with E-state index in [-0.39, 0.29) is 10.7 Å². The van der Waals surface area contributed by atoms with Crippen molar-refractivity contribution in [2.45, 2.75) is 13.0 Å². The summed E-state index contributed by atoms with van der Waals surface area (Å²) >= 11 is 11.5. The normalized spacial score (nSPS) is 11.8. The van der Waals surface area contributed by atoms with Gasteiger partial charge in [0.15, 0.2) is 6.10 Å². The highest BCUT2D eigenvalue weighted by atomic mass is 35.5. The van der Waals surface area contributed by atoms with Crippen LogP contribution < -0.4 is 10.1 Å². The van der Waals surface area contributed by atoms with Gasteiger partial charge in [-0.1, -0.05) is 29.3 Å². The van der Waals surface area contributed by atoms with E-state index in [1.165, 1.54) is 12.1 Å². The maximum atomic E-state index is 13.6. The lowest BCUT2D eigenvalue weighted by Gasteiger charge is -2.15. The van der Waals surface area contributed by atoms with Gasteiger partial charge in [-0.15, -0.1) is 0 Å². The molecule has 0 fully saturated rings. The van der Waals surface area contributed by atoms with Crippen LogP contribution in [0.25, 0.3) is 0 Å². The lowest BCUT2D eigenvalue weighted by molar-refractivity contribution is -0.122. The first-order valence-corrected chi connectivity index (χ1v) is 6.89. The molecular weight excluding hydrogens is 316 g/mol. The van der Waals surface area contributed by atoms with Crippen molar-refractivity contribution < 1.29 is 13.9 Å². The van der Waals surface area contributed by atoms with Crippen LogP contribution in [-0.4, -0.2) is 12.0 Å². The number of amides is 1. The second kappa shape index (κ2) is 6.78. The van der Waals surface area contributed by atoms with Gasteiger partial charge in [-0.05, 0) is 43.3 Å². The average Bonchev–Trinajstić information content (AvgIpc) is 2.41. The van der Waals surface area contributed by atoms with Crippen molar-refractivity contribution in [3.63, 3.8) is 0 Å². The maximum absolute atomic E-state index is 13.6. The van der Waals surface area contributed by atoms with Crippen molar-refractivity contribution in [1.29, 1.82) is 0 Å². The van der Waals surface area contributed by atoms with Crippen molar-refractivity contribution in [3.8, 4) is 5.75 Å². The summed E-state index contributed by atoms with van der Waals surface area (Å²) in [6.07, 6.45) is -0.807. The molecule has 2 aromatic carbocycles. The molecule has 1 atom stereocenters. The molecule has 0 aliphatic carbocycles. The highest BCUT2D eigenvalue weighted by molar-refractivity contribution is 6.31. The zero-order valence-electron chi connectivity index (χ0n) is 11.1. The summed E-state index contributed by atoms with van der Waals surface area (Å²) in [5, 5.41) is 3.20. The third-order valence-corrected chi connectivity index (χ3v) is 3.14. The SMILES string of the molecule is CC(Oc1cccc(Cl)c1)C(=O)Nc1ccc(Cl)cc1F. The Balaban J connectivity index is 2.02. The van der Waals surface area contributed by atoms with Crippen molar-refractivity contribution in [1.82, 2.24) is 0 Å². The number of anilines is 1. The van der Waals surface area contributed by atoms with E-state index in [0.29, 0.717) is 10.8 Å². The Kier molecular flexibility index (Phi) is 5.04. The highest BCUT2D eigenvalue weighted by Crippen LogP contribution is 2.21. The zero-order valence-corrected chi connectivity index (χ0v) is 12.6. The molecule has 3 nitrogen and oxygen atoms in total. The Morgan fingerprint density at radius 3 is 2.57 bits per heavy atom.